The predicted octanol–water partition coefficient (Wildman–Crippen LogP) is 6.14. The van der Waals surface area contributed by atoms with Crippen molar-refractivity contribution in [3.05, 3.63) is 132 Å². The van der Waals surface area contributed by atoms with E-state index in [4.69, 9.17) is 0 Å². The van der Waals surface area contributed by atoms with E-state index in [1.54, 1.807) is 24.5 Å². The maximum atomic E-state index is 13.4. The molecule has 4 heteroatoms. The van der Waals surface area contributed by atoms with E-state index in [0.717, 1.165) is 33.2 Å². The zero-order valence-corrected chi connectivity index (χ0v) is 18.1. The number of fused-ring (bicyclic) bond motifs is 1. The third-order valence-corrected chi connectivity index (χ3v) is 5.64. The van der Waals surface area contributed by atoms with E-state index < -0.39 is 0 Å². The maximum Gasteiger partial charge on any atom is 0.254 e. The van der Waals surface area contributed by atoms with E-state index in [1.165, 1.54) is 0 Å². The molecule has 160 valence electrons. The Labute approximate surface area is 193 Å². The number of carbonyl (C=O) groups excluding carboxylic acids is 1. The van der Waals surface area contributed by atoms with Crippen molar-refractivity contribution in [2.45, 2.75) is 13.1 Å². The lowest BCUT2D eigenvalue weighted by Crippen LogP contribution is -2.30. The molecule has 0 unspecified atom stereocenters. The van der Waals surface area contributed by atoms with Crippen LogP contribution in [0.15, 0.2) is 116 Å². The topological polar surface area (TPSA) is 46.1 Å². The highest BCUT2D eigenvalue weighted by atomic mass is 16.2. The van der Waals surface area contributed by atoms with Gasteiger partial charge in [0.05, 0.1) is 5.52 Å². The van der Waals surface area contributed by atoms with Crippen LogP contribution in [0, 0.1) is 0 Å². The number of pyridine rings is 2. The van der Waals surface area contributed by atoms with Crippen LogP contribution in [0.25, 0.3) is 22.0 Å². The first-order valence-corrected chi connectivity index (χ1v) is 10.9. The molecule has 0 aliphatic carbocycles. The van der Waals surface area contributed by atoms with E-state index >= 15 is 0 Å². The highest BCUT2D eigenvalue weighted by Gasteiger charge is 2.17. The molecule has 3 aromatic carbocycles. The van der Waals surface area contributed by atoms with E-state index in [-0.39, 0.29) is 5.91 Å². The summed E-state index contributed by atoms with van der Waals surface area (Å²) in [7, 11) is 0. The Morgan fingerprint density at radius 3 is 2.27 bits per heavy atom. The number of aromatic nitrogens is 2. The molecule has 0 N–H and O–H groups in total. The fourth-order valence-corrected chi connectivity index (χ4v) is 4.00. The first-order valence-electron chi connectivity index (χ1n) is 10.9. The summed E-state index contributed by atoms with van der Waals surface area (Å²) in [5.74, 6) is -0.0318. The van der Waals surface area contributed by atoms with Crippen molar-refractivity contribution in [3.8, 4) is 11.1 Å². The van der Waals surface area contributed by atoms with Gasteiger partial charge in [0.2, 0.25) is 0 Å². The maximum absolute atomic E-state index is 13.4. The van der Waals surface area contributed by atoms with Crippen LogP contribution in [-0.2, 0) is 13.1 Å². The summed E-state index contributed by atoms with van der Waals surface area (Å²) >= 11 is 0. The van der Waals surface area contributed by atoms with Crippen molar-refractivity contribution in [2.24, 2.45) is 0 Å². The predicted molar refractivity (Wildman–Crippen MR) is 131 cm³/mol. The monoisotopic (exact) mass is 429 g/mol. The molecule has 0 aliphatic heterocycles. The summed E-state index contributed by atoms with van der Waals surface area (Å²) in [6, 6.07) is 32.3. The minimum Gasteiger partial charge on any atom is -0.330 e. The largest absolute Gasteiger partial charge is 0.330 e. The number of carbonyl (C=O) groups is 1. The number of nitrogens with zero attached hydrogens (tertiary/aromatic N) is 3. The molecule has 0 aliphatic rings. The zero-order chi connectivity index (χ0) is 22.5. The van der Waals surface area contributed by atoms with Crippen molar-refractivity contribution in [1.29, 1.82) is 0 Å². The average Bonchev–Trinajstić information content (AvgIpc) is 2.89. The number of benzene rings is 3. The smallest absolute Gasteiger partial charge is 0.254 e. The Morgan fingerprint density at radius 2 is 1.42 bits per heavy atom. The second kappa shape index (κ2) is 9.45. The van der Waals surface area contributed by atoms with Crippen LogP contribution in [0.3, 0.4) is 0 Å². The van der Waals surface area contributed by atoms with Crippen molar-refractivity contribution in [3.63, 3.8) is 0 Å². The normalized spacial score (nSPS) is 10.8. The van der Waals surface area contributed by atoms with E-state index in [0.29, 0.717) is 18.7 Å². The lowest BCUT2D eigenvalue weighted by Gasteiger charge is -2.23. The van der Waals surface area contributed by atoms with E-state index in [9.17, 15) is 4.79 Å². The van der Waals surface area contributed by atoms with Crippen LogP contribution in [0.1, 0.15) is 21.5 Å². The molecule has 0 saturated heterocycles. The first kappa shape index (κ1) is 20.6. The molecule has 4 nitrogen and oxygen atoms in total. The summed E-state index contributed by atoms with van der Waals surface area (Å²) in [4.78, 5) is 23.9. The Balaban J connectivity index is 1.47. The van der Waals surface area contributed by atoms with Crippen molar-refractivity contribution in [1.82, 2.24) is 14.9 Å². The SMILES string of the molecule is O=C(c1ccncc1)N(Cc1cccc(-c2ccccc2)c1)Cc1cnc2ccccc2c1. The molecule has 0 fully saturated rings. The fraction of sp³-hybridized carbons (Fsp3) is 0.0690. The molecule has 5 aromatic rings. The molecule has 2 heterocycles. The van der Waals surface area contributed by atoms with Crippen LogP contribution in [0.4, 0.5) is 0 Å². The van der Waals surface area contributed by atoms with Gasteiger partial charge in [-0.05, 0) is 52.6 Å². The number of para-hydroxylation sites is 1. The molecular weight excluding hydrogens is 406 g/mol. The van der Waals surface area contributed by atoms with Gasteiger partial charge in [-0.1, -0.05) is 66.7 Å². The Bertz CT molecular complexity index is 1380. The van der Waals surface area contributed by atoms with Crippen LogP contribution in [-0.4, -0.2) is 20.8 Å². The molecule has 1 amide bonds. The zero-order valence-electron chi connectivity index (χ0n) is 18.1. The lowest BCUT2D eigenvalue weighted by molar-refractivity contribution is 0.0730. The summed E-state index contributed by atoms with van der Waals surface area (Å²) in [5, 5.41) is 1.07. The molecule has 0 atom stereocenters. The lowest BCUT2D eigenvalue weighted by atomic mass is 10.0. The summed E-state index contributed by atoms with van der Waals surface area (Å²) in [6.07, 6.45) is 5.16. The van der Waals surface area contributed by atoms with Gasteiger partial charge in [0.15, 0.2) is 0 Å². The quantitative estimate of drug-likeness (QED) is 0.326. The third kappa shape index (κ3) is 4.80. The second-order valence-corrected chi connectivity index (χ2v) is 8.00. The van der Waals surface area contributed by atoms with Crippen molar-refractivity contribution < 1.29 is 4.79 Å². The van der Waals surface area contributed by atoms with Gasteiger partial charge in [-0.25, -0.2) is 0 Å². The summed E-state index contributed by atoms with van der Waals surface area (Å²) in [6.45, 7) is 0.962. The first-order chi connectivity index (χ1) is 16.3. The van der Waals surface area contributed by atoms with Gasteiger partial charge in [0.1, 0.15) is 0 Å². The minimum atomic E-state index is -0.0318. The minimum absolute atomic E-state index is 0.0318. The van der Waals surface area contributed by atoms with Crippen LogP contribution in [0.2, 0.25) is 0 Å². The van der Waals surface area contributed by atoms with Gasteiger partial charge in [-0.3, -0.25) is 14.8 Å². The molecular formula is C29H23N3O. The molecule has 33 heavy (non-hydrogen) atoms. The highest BCUT2D eigenvalue weighted by Crippen LogP contribution is 2.22. The Kier molecular flexibility index (Phi) is 5.89. The third-order valence-electron chi connectivity index (χ3n) is 5.64. The van der Waals surface area contributed by atoms with Gasteiger partial charge in [-0.2, -0.15) is 0 Å². The molecule has 0 saturated carbocycles. The summed E-state index contributed by atoms with van der Waals surface area (Å²) < 4.78 is 0. The van der Waals surface area contributed by atoms with Gasteiger partial charge in [-0.15, -0.1) is 0 Å². The van der Waals surface area contributed by atoms with Gasteiger partial charge < -0.3 is 4.90 Å². The number of amides is 1. The Morgan fingerprint density at radius 1 is 0.697 bits per heavy atom. The number of hydrogen-bond acceptors (Lipinski definition) is 3. The van der Waals surface area contributed by atoms with Crippen molar-refractivity contribution in [2.75, 3.05) is 0 Å². The second-order valence-electron chi connectivity index (χ2n) is 8.00. The fourth-order valence-electron chi connectivity index (χ4n) is 4.00. The average molecular weight is 430 g/mol. The summed E-state index contributed by atoms with van der Waals surface area (Å²) in [5.41, 5.74) is 5.94. The Hall–Kier alpha value is -4.31. The molecule has 2 aromatic heterocycles. The molecule has 0 spiro atoms. The van der Waals surface area contributed by atoms with E-state index in [1.807, 2.05) is 59.6 Å². The van der Waals surface area contributed by atoms with Crippen LogP contribution in [0.5, 0.6) is 0 Å². The highest BCUT2D eigenvalue weighted by molar-refractivity contribution is 5.94. The van der Waals surface area contributed by atoms with Gasteiger partial charge in [0, 0.05) is 42.6 Å². The van der Waals surface area contributed by atoms with E-state index in [2.05, 4.69) is 46.4 Å². The van der Waals surface area contributed by atoms with Gasteiger partial charge in [0.25, 0.3) is 5.91 Å². The molecule has 0 bridgehead atoms. The van der Waals surface area contributed by atoms with Crippen LogP contribution < -0.4 is 0 Å². The molecule has 5 rings (SSSR count). The van der Waals surface area contributed by atoms with Crippen LogP contribution >= 0.6 is 0 Å². The van der Waals surface area contributed by atoms with Gasteiger partial charge >= 0.3 is 0 Å². The number of rotatable bonds is 6. The van der Waals surface area contributed by atoms with Crippen molar-refractivity contribution >= 4 is 16.8 Å². The number of hydrogen-bond donors (Lipinski definition) is 0. The standard InChI is InChI=1S/C29H23N3O/c33-29(25-13-15-30-16-14-25)32(21-23-18-27-10-4-5-12-28(27)31-19-23)20-22-7-6-11-26(17-22)24-8-2-1-3-9-24/h1-19H,20-21H2. The molecule has 0 radical (unpaired) electrons.